The summed E-state index contributed by atoms with van der Waals surface area (Å²) < 4.78 is 38.1. The van der Waals surface area contributed by atoms with Crippen LogP contribution in [0.3, 0.4) is 0 Å². The number of halogens is 4. The summed E-state index contributed by atoms with van der Waals surface area (Å²) in [6.45, 7) is 0. The van der Waals surface area contributed by atoms with E-state index in [0.29, 0.717) is 11.1 Å². The third kappa shape index (κ3) is 3.71. The molecule has 0 saturated heterocycles. The molecule has 5 nitrogen and oxygen atoms in total. The highest BCUT2D eigenvalue weighted by Gasteiger charge is 2.33. The number of aromatic nitrogens is 2. The molecule has 0 aliphatic rings. The molecule has 2 rings (SSSR count). The Bertz CT molecular complexity index is 753. The monoisotopic (exact) mass is 326 g/mol. The van der Waals surface area contributed by atoms with Gasteiger partial charge in [0.1, 0.15) is 17.2 Å². The first kappa shape index (κ1) is 15.7. The van der Waals surface area contributed by atoms with Gasteiger partial charge in [-0.25, -0.2) is 9.97 Å². The normalized spacial score (nSPS) is 10.9. The van der Waals surface area contributed by atoms with Gasteiger partial charge in [-0.3, -0.25) is 4.79 Å². The van der Waals surface area contributed by atoms with Crippen LogP contribution < -0.4 is 5.32 Å². The number of rotatable bonds is 2. The van der Waals surface area contributed by atoms with Crippen LogP contribution in [-0.2, 0) is 6.18 Å². The average molecular weight is 327 g/mol. The smallest absolute Gasteiger partial charge is 0.305 e. The first-order valence-electron chi connectivity index (χ1n) is 5.72. The largest absolute Gasteiger partial charge is 0.433 e. The highest BCUT2D eigenvalue weighted by atomic mass is 35.5. The Morgan fingerprint density at radius 3 is 2.59 bits per heavy atom. The highest BCUT2D eigenvalue weighted by Crippen LogP contribution is 2.28. The molecule has 2 heterocycles. The SMILES string of the molecule is N#Cc1cc(C(=O)Nc2ccc(Cl)cn2)nc(C(F)(F)F)c1. The van der Waals surface area contributed by atoms with Crippen LogP contribution in [0.1, 0.15) is 21.7 Å². The Kier molecular flexibility index (Phi) is 4.28. The minimum atomic E-state index is -4.76. The maximum absolute atomic E-state index is 12.7. The van der Waals surface area contributed by atoms with Gasteiger partial charge >= 0.3 is 6.18 Å². The Labute approximate surface area is 127 Å². The lowest BCUT2D eigenvalue weighted by Crippen LogP contribution is -2.18. The topological polar surface area (TPSA) is 78.7 Å². The van der Waals surface area contributed by atoms with Crippen molar-refractivity contribution >= 4 is 23.3 Å². The molecule has 0 aromatic carbocycles. The predicted molar refractivity (Wildman–Crippen MR) is 71.2 cm³/mol. The lowest BCUT2D eigenvalue weighted by Gasteiger charge is -2.09. The number of anilines is 1. The van der Waals surface area contributed by atoms with Crippen molar-refractivity contribution in [3.63, 3.8) is 0 Å². The minimum Gasteiger partial charge on any atom is -0.305 e. The first-order valence-corrected chi connectivity index (χ1v) is 6.09. The van der Waals surface area contributed by atoms with Crippen LogP contribution in [0.4, 0.5) is 19.0 Å². The van der Waals surface area contributed by atoms with Crippen molar-refractivity contribution in [3.8, 4) is 6.07 Å². The van der Waals surface area contributed by atoms with Crippen molar-refractivity contribution in [1.82, 2.24) is 9.97 Å². The third-order valence-corrected chi connectivity index (χ3v) is 2.67. The Balaban J connectivity index is 2.33. The number of amides is 1. The Morgan fingerprint density at radius 2 is 2.05 bits per heavy atom. The van der Waals surface area contributed by atoms with Gasteiger partial charge in [0.05, 0.1) is 16.7 Å². The van der Waals surface area contributed by atoms with Gasteiger partial charge in [0, 0.05) is 6.20 Å². The molecule has 0 atom stereocenters. The quantitative estimate of drug-likeness (QED) is 0.918. The number of hydrogen-bond donors (Lipinski definition) is 1. The molecule has 0 aliphatic carbocycles. The van der Waals surface area contributed by atoms with Crippen LogP contribution in [0.25, 0.3) is 0 Å². The summed E-state index contributed by atoms with van der Waals surface area (Å²) in [5.74, 6) is -0.829. The zero-order chi connectivity index (χ0) is 16.3. The van der Waals surface area contributed by atoms with Crippen LogP contribution in [0.2, 0.25) is 5.02 Å². The predicted octanol–water partition coefficient (Wildman–Crippen LogP) is 3.27. The molecule has 2 aromatic heterocycles. The van der Waals surface area contributed by atoms with Crippen LogP contribution in [0, 0.1) is 11.3 Å². The Morgan fingerprint density at radius 1 is 1.32 bits per heavy atom. The molecule has 0 radical (unpaired) electrons. The number of nitrogens with one attached hydrogen (secondary N) is 1. The van der Waals surface area contributed by atoms with Crippen molar-refractivity contribution in [2.24, 2.45) is 0 Å². The molecule has 112 valence electrons. The molecule has 9 heteroatoms. The van der Waals surface area contributed by atoms with Crippen LogP contribution in [0.5, 0.6) is 0 Å². The third-order valence-electron chi connectivity index (χ3n) is 2.45. The van der Waals surface area contributed by atoms with E-state index >= 15 is 0 Å². The molecular formula is C13H6ClF3N4O. The van der Waals surface area contributed by atoms with Gasteiger partial charge in [-0.1, -0.05) is 11.6 Å². The highest BCUT2D eigenvalue weighted by molar-refractivity contribution is 6.30. The van der Waals surface area contributed by atoms with E-state index in [0.717, 1.165) is 6.07 Å². The number of pyridine rings is 2. The van der Waals surface area contributed by atoms with Gasteiger partial charge in [0.15, 0.2) is 0 Å². The summed E-state index contributed by atoms with van der Waals surface area (Å²) in [6, 6.07) is 5.90. The van der Waals surface area contributed by atoms with Crippen molar-refractivity contribution in [3.05, 3.63) is 52.4 Å². The number of hydrogen-bond acceptors (Lipinski definition) is 4. The summed E-state index contributed by atoms with van der Waals surface area (Å²) in [4.78, 5) is 18.9. The second kappa shape index (κ2) is 5.99. The number of nitriles is 1. The van der Waals surface area contributed by atoms with Crippen molar-refractivity contribution in [2.45, 2.75) is 6.18 Å². The molecule has 0 saturated carbocycles. The fourth-order valence-corrected chi connectivity index (χ4v) is 1.60. The van der Waals surface area contributed by atoms with E-state index in [9.17, 15) is 18.0 Å². The van der Waals surface area contributed by atoms with Crippen molar-refractivity contribution in [1.29, 1.82) is 5.26 Å². The van der Waals surface area contributed by atoms with Crippen molar-refractivity contribution < 1.29 is 18.0 Å². The van der Waals surface area contributed by atoms with Gasteiger partial charge in [-0.05, 0) is 24.3 Å². The van der Waals surface area contributed by atoms with Gasteiger partial charge < -0.3 is 5.32 Å². The van der Waals surface area contributed by atoms with Crippen LogP contribution in [0.15, 0.2) is 30.5 Å². The molecule has 0 fully saturated rings. The Hall–Kier alpha value is -2.66. The summed E-state index contributed by atoms with van der Waals surface area (Å²) in [5.41, 5.74) is -2.18. The molecule has 0 spiro atoms. The average Bonchev–Trinajstić information content (AvgIpc) is 2.48. The fourth-order valence-electron chi connectivity index (χ4n) is 1.49. The van der Waals surface area contributed by atoms with E-state index in [-0.39, 0.29) is 11.4 Å². The number of carbonyl (C=O) groups is 1. The molecule has 2 aromatic rings. The van der Waals surface area contributed by atoms with Gasteiger partial charge in [0.2, 0.25) is 0 Å². The molecule has 1 N–H and O–H groups in total. The number of carbonyl (C=O) groups excluding carboxylic acids is 1. The lowest BCUT2D eigenvalue weighted by atomic mass is 10.2. The minimum absolute atomic E-state index is 0.0899. The maximum atomic E-state index is 12.7. The molecule has 0 unspecified atom stereocenters. The lowest BCUT2D eigenvalue weighted by molar-refractivity contribution is -0.141. The van der Waals surface area contributed by atoms with E-state index in [1.807, 2.05) is 0 Å². The van der Waals surface area contributed by atoms with E-state index in [4.69, 9.17) is 16.9 Å². The van der Waals surface area contributed by atoms with Gasteiger partial charge in [-0.2, -0.15) is 18.4 Å². The second-order valence-electron chi connectivity index (χ2n) is 4.05. The second-order valence-corrected chi connectivity index (χ2v) is 4.49. The van der Waals surface area contributed by atoms with Gasteiger partial charge in [-0.15, -0.1) is 0 Å². The fraction of sp³-hybridized carbons (Fsp3) is 0.0769. The van der Waals surface area contributed by atoms with E-state index in [1.165, 1.54) is 18.3 Å². The van der Waals surface area contributed by atoms with Crippen molar-refractivity contribution in [2.75, 3.05) is 5.32 Å². The van der Waals surface area contributed by atoms with E-state index < -0.39 is 23.5 Å². The standard InChI is InChI=1S/C13H6ClF3N4O/c14-8-1-2-11(19-6-8)21-12(22)9-3-7(5-18)4-10(20-9)13(15,16)17/h1-4,6H,(H,19,21,22). The van der Waals surface area contributed by atoms with Crippen LogP contribution >= 0.6 is 11.6 Å². The molecule has 1 amide bonds. The maximum Gasteiger partial charge on any atom is 0.433 e. The summed E-state index contributed by atoms with van der Waals surface area (Å²) in [7, 11) is 0. The summed E-state index contributed by atoms with van der Waals surface area (Å²) in [6.07, 6.45) is -3.50. The molecule has 22 heavy (non-hydrogen) atoms. The summed E-state index contributed by atoms with van der Waals surface area (Å²) >= 11 is 5.63. The number of alkyl halides is 3. The molecular weight excluding hydrogens is 321 g/mol. The number of nitrogens with zero attached hydrogens (tertiary/aromatic N) is 3. The molecule has 0 aliphatic heterocycles. The molecule has 0 bridgehead atoms. The van der Waals surface area contributed by atoms with Crippen LogP contribution in [-0.4, -0.2) is 15.9 Å². The van der Waals surface area contributed by atoms with E-state index in [1.54, 1.807) is 6.07 Å². The summed E-state index contributed by atoms with van der Waals surface area (Å²) in [5, 5.41) is 11.4. The van der Waals surface area contributed by atoms with Gasteiger partial charge in [0.25, 0.3) is 5.91 Å². The first-order chi connectivity index (χ1) is 10.3. The zero-order valence-electron chi connectivity index (χ0n) is 10.6. The zero-order valence-corrected chi connectivity index (χ0v) is 11.4. The van der Waals surface area contributed by atoms with E-state index in [2.05, 4.69) is 15.3 Å².